The maximum Gasteiger partial charge on any atom is 0.241 e. The minimum Gasteiger partial charge on any atom is -0.490 e. The molecule has 6 heteroatoms. The van der Waals surface area contributed by atoms with Gasteiger partial charge in [-0.2, -0.15) is 0 Å². The molecule has 0 atom stereocenters. The lowest BCUT2D eigenvalue weighted by atomic mass is 9.92. The zero-order valence-electron chi connectivity index (χ0n) is 11.5. The molecule has 0 heterocycles. The predicted molar refractivity (Wildman–Crippen MR) is 77.9 cm³/mol. The lowest BCUT2D eigenvalue weighted by Gasteiger charge is -2.28. The molecule has 0 amide bonds. The molecule has 2 rings (SSSR count). The summed E-state index contributed by atoms with van der Waals surface area (Å²) in [7, 11) is -3.78. The summed E-state index contributed by atoms with van der Waals surface area (Å²) >= 11 is 0. The fraction of sp³-hybridized carbons (Fsp3) is 0.571. The number of hydrogen-bond donors (Lipinski definition) is 2. The van der Waals surface area contributed by atoms with Crippen molar-refractivity contribution in [3.63, 3.8) is 0 Å². The third-order valence-electron chi connectivity index (χ3n) is 3.77. The lowest BCUT2D eigenvalue weighted by molar-refractivity contribution is 0.195. The normalized spacial score (nSPS) is 19.3. The average molecular weight is 298 g/mol. The molecule has 1 aromatic carbocycles. The van der Waals surface area contributed by atoms with Crippen LogP contribution in [-0.4, -0.2) is 20.6 Å². The average Bonchev–Trinajstić information content (AvgIpc) is 2.61. The molecule has 112 valence electrons. The molecule has 1 aromatic rings. The van der Waals surface area contributed by atoms with Crippen molar-refractivity contribution in [1.82, 2.24) is 0 Å². The molecule has 1 fully saturated rings. The number of sulfonamides is 1. The Morgan fingerprint density at radius 1 is 1.10 bits per heavy atom. The maximum absolute atomic E-state index is 11.5. The van der Waals surface area contributed by atoms with Gasteiger partial charge in [0.05, 0.1) is 5.54 Å². The van der Waals surface area contributed by atoms with Crippen LogP contribution in [0.4, 0.5) is 0 Å². The Hall–Kier alpha value is -1.11. The van der Waals surface area contributed by atoms with Gasteiger partial charge in [0.15, 0.2) is 0 Å². The molecular weight excluding hydrogens is 276 g/mol. The van der Waals surface area contributed by atoms with Gasteiger partial charge in [0.1, 0.15) is 17.3 Å². The van der Waals surface area contributed by atoms with Crippen molar-refractivity contribution in [2.24, 2.45) is 10.9 Å². The summed E-state index contributed by atoms with van der Waals surface area (Å²) in [6.45, 7) is 0.319. The second-order valence-electron chi connectivity index (χ2n) is 5.56. The number of primary sulfonamides is 1. The van der Waals surface area contributed by atoms with Crippen molar-refractivity contribution < 1.29 is 13.2 Å². The van der Waals surface area contributed by atoms with Crippen LogP contribution in [0.3, 0.4) is 0 Å². The summed E-state index contributed by atoms with van der Waals surface area (Å²) in [6.07, 6.45) is 6.40. The first-order chi connectivity index (χ1) is 9.41. The smallest absolute Gasteiger partial charge is 0.241 e. The molecule has 0 saturated heterocycles. The minimum atomic E-state index is -3.78. The van der Waals surface area contributed by atoms with Gasteiger partial charge in [-0.25, -0.2) is 13.6 Å². The molecule has 1 aliphatic carbocycles. The monoisotopic (exact) mass is 298 g/mol. The number of nitrogens with two attached hydrogens (primary N) is 2. The highest BCUT2D eigenvalue weighted by molar-refractivity contribution is 7.89. The van der Waals surface area contributed by atoms with E-state index < -0.39 is 10.0 Å². The SMILES string of the molecule is NC1(COc2ccccc2S(N)(=O)=O)CCCCCC1. The van der Waals surface area contributed by atoms with Crippen LogP contribution in [0.1, 0.15) is 38.5 Å². The highest BCUT2D eigenvalue weighted by atomic mass is 32.2. The Morgan fingerprint density at radius 2 is 1.70 bits per heavy atom. The summed E-state index contributed by atoms with van der Waals surface area (Å²) in [5, 5.41) is 5.19. The van der Waals surface area contributed by atoms with Crippen LogP contribution in [-0.2, 0) is 10.0 Å². The first-order valence-corrected chi connectivity index (χ1v) is 8.49. The lowest BCUT2D eigenvalue weighted by Crippen LogP contribution is -2.45. The fourth-order valence-corrected chi connectivity index (χ4v) is 3.28. The van der Waals surface area contributed by atoms with Crippen LogP contribution in [0.5, 0.6) is 5.75 Å². The van der Waals surface area contributed by atoms with Crippen LogP contribution >= 0.6 is 0 Å². The minimum absolute atomic E-state index is 0.0113. The number of ether oxygens (including phenoxy) is 1. The van der Waals surface area contributed by atoms with Crippen LogP contribution in [0.2, 0.25) is 0 Å². The number of para-hydroxylation sites is 1. The molecule has 4 N–H and O–H groups in total. The molecule has 0 aliphatic heterocycles. The second-order valence-corrected chi connectivity index (χ2v) is 7.09. The van der Waals surface area contributed by atoms with Crippen LogP contribution in [0.15, 0.2) is 29.2 Å². The summed E-state index contributed by atoms with van der Waals surface area (Å²) in [6, 6.07) is 6.40. The van der Waals surface area contributed by atoms with E-state index in [9.17, 15) is 8.42 Å². The molecule has 0 spiro atoms. The molecule has 0 aromatic heterocycles. The van der Waals surface area contributed by atoms with Gasteiger partial charge in [-0.3, -0.25) is 0 Å². The molecule has 0 unspecified atom stereocenters. The quantitative estimate of drug-likeness (QED) is 0.828. The van der Waals surface area contributed by atoms with E-state index in [-0.39, 0.29) is 16.2 Å². The molecule has 1 saturated carbocycles. The summed E-state index contributed by atoms with van der Waals surface area (Å²) in [5.41, 5.74) is 5.99. The molecule has 5 nitrogen and oxygen atoms in total. The van der Waals surface area contributed by atoms with Gasteiger partial charge >= 0.3 is 0 Å². The number of benzene rings is 1. The van der Waals surface area contributed by atoms with E-state index in [1.807, 2.05) is 0 Å². The Bertz CT molecular complexity index is 549. The van der Waals surface area contributed by atoms with E-state index in [1.165, 1.54) is 18.9 Å². The summed E-state index contributed by atoms with van der Waals surface area (Å²) < 4.78 is 28.7. The Labute approximate surface area is 120 Å². The Balaban J connectivity index is 2.11. The van der Waals surface area contributed by atoms with E-state index in [1.54, 1.807) is 18.2 Å². The number of hydrogen-bond acceptors (Lipinski definition) is 4. The molecule has 20 heavy (non-hydrogen) atoms. The van der Waals surface area contributed by atoms with Crippen LogP contribution < -0.4 is 15.6 Å². The molecular formula is C14H22N2O3S. The molecule has 0 radical (unpaired) electrons. The first-order valence-electron chi connectivity index (χ1n) is 6.94. The van der Waals surface area contributed by atoms with Crippen molar-refractivity contribution in [1.29, 1.82) is 0 Å². The van der Waals surface area contributed by atoms with Gasteiger partial charge < -0.3 is 10.5 Å². The largest absolute Gasteiger partial charge is 0.490 e. The van der Waals surface area contributed by atoms with E-state index in [4.69, 9.17) is 15.6 Å². The van der Waals surface area contributed by atoms with E-state index >= 15 is 0 Å². The topological polar surface area (TPSA) is 95.4 Å². The standard InChI is InChI=1S/C14H22N2O3S/c15-14(9-5-1-2-6-10-14)11-19-12-7-3-4-8-13(12)20(16,17)18/h3-4,7-8H,1-2,5-6,9-11,15H2,(H2,16,17,18). The van der Waals surface area contributed by atoms with Gasteiger partial charge in [-0.05, 0) is 25.0 Å². The van der Waals surface area contributed by atoms with Crippen molar-refractivity contribution in [3.05, 3.63) is 24.3 Å². The van der Waals surface area contributed by atoms with Gasteiger partial charge in [0, 0.05) is 0 Å². The first kappa shape index (κ1) is 15.3. The van der Waals surface area contributed by atoms with Gasteiger partial charge in [-0.15, -0.1) is 0 Å². The van der Waals surface area contributed by atoms with Crippen molar-refractivity contribution in [2.45, 2.75) is 49.0 Å². The predicted octanol–water partition coefficient (Wildman–Crippen LogP) is 1.76. The zero-order chi connectivity index (χ0) is 14.6. The van der Waals surface area contributed by atoms with Crippen LogP contribution in [0.25, 0.3) is 0 Å². The zero-order valence-corrected chi connectivity index (χ0v) is 12.4. The van der Waals surface area contributed by atoms with Crippen molar-refractivity contribution in [2.75, 3.05) is 6.61 Å². The van der Waals surface area contributed by atoms with Gasteiger partial charge in [-0.1, -0.05) is 37.8 Å². The van der Waals surface area contributed by atoms with Gasteiger partial charge in [0.25, 0.3) is 0 Å². The van der Waals surface area contributed by atoms with Crippen LogP contribution in [0, 0.1) is 0 Å². The number of rotatable bonds is 4. The van der Waals surface area contributed by atoms with E-state index in [2.05, 4.69) is 0 Å². The second kappa shape index (κ2) is 6.11. The fourth-order valence-electron chi connectivity index (χ4n) is 2.60. The van der Waals surface area contributed by atoms with Gasteiger partial charge in [0.2, 0.25) is 10.0 Å². The third-order valence-corrected chi connectivity index (χ3v) is 4.72. The summed E-state index contributed by atoms with van der Waals surface area (Å²) in [4.78, 5) is 0.0113. The Kier molecular flexibility index (Phi) is 4.67. The highest BCUT2D eigenvalue weighted by Gasteiger charge is 2.28. The van der Waals surface area contributed by atoms with E-state index in [0.29, 0.717) is 6.61 Å². The third kappa shape index (κ3) is 3.94. The molecule has 0 bridgehead atoms. The van der Waals surface area contributed by atoms with E-state index in [0.717, 1.165) is 25.7 Å². The van der Waals surface area contributed by atoms with Crippen molar-refractivity contribution in [3.8, 4) is 5.75 Å². The molecule has 1 aliphatic rings. The summed E-state index contributed by atoms with van der Waals surface area (Å²) in [5.74, 6) is 0.282. The highest BCUT2D eigenvalue weighted by Crippen LogP contribution is 2.28. The maximum atomic E-state index is 11.5. The Morgan fingerprint density at radius 3 is 2.30 bits per heavy atom. The van der Waals surface area contributed by atoms with Crippen molar-refractivity contribution >= 4 is 10.0 Å².